The monoisotopic (exact) mass is 2060 g/mol. The summed E-state index contributed by atoms with van der Waals surface area (Å²) in [5.41, 5.74) is 94.2. The van der Waals surface area contributed by atoms with Crippen molar-refractivity contribution in [2.24, 2.45) is 157 Å². The van der Waals surface area contributed by atoms with Crippen molar-refractivity contribution in [1.82, 2.24) is 29.8 Å². The number of nitrogens with two attached hydrogens (primary N) is 16. The molecule has 8 aromatic rings. The van der Waals surface area contributed by atoms with E-state index in [2.05, 4.69) is 75.5 Å². The van der Waals surface area contributed by atoms with Crippen molar-refractivity contribution in [1.29, 1.82) is 16.2 Å². The van der Waals surface area contributed by atoms with E-state index in [-0.39, 0.29) is 126 Å². The quantitative estimate of drug-likeness (QED) is 0.0415. The zero-order valence-corrected chi connectivity index (χ0v) is 84.4. The third-order valence-electron chi connectivity index (χ3n) is 20.8. The lowest BCUT2D eigenvalue weighted by molar-refractivity contribution is 0.173. The van der Waals surface area contributed by atoms with Gasteiger partial charge in [-0.05, 0) is 157 Å². The number of rotatable bonds is 18. The maximum atomic E-state index is 7.91. The Balaban J connectivity index is 0.000000189. The molecule has 8 aliphatic rings. The zero-order chi connectivity index (χ0) is 108. The molecular formula is C93H130N40O16. The zero-order valence-electron chi connectivity index (χ0n) is 84.4. The van der Waals surface area contributed by atoms with Gasteiger partial charge in [0.2, 0.25) is 90.1 Å². The van der Waals surface area contributed by atoms with Gasteiger partial charge in [-0.15, -0.1) is 0 Å². The van der Waals surface area contributed by atoms with Gasteiger partial charge in [-0.2, -0.15) is 30.0 Å². The van der Waals surface area contributed by atoms with Crippen molar-refractivity contribution < 1.29 is 75.8 Å². The van der Waals surface area contributed by atoms with Gasteiger partial charge in [0.15, 0.2) is 152 Å². The van der Waals surface area contributed by atoms with Gasteiger partial charge < -0.3 is 197 Å². The van der Waals surface area contributed by atoms with Gasteiger partial charge in [-0.1, -0.05) is 48.5 Å². The van der Waals surface area contributed by atoms with Crippen molar-refractivity contribution in [2.75, 3.05) is 175 Å². The molecule has 8 aromatic carbocycles. The van der Waals surface area contributed by atoms with Gasteiger partial charge in [0.1, 0.15) is 5.69 Å². The molecule has 56 nitrogen and oxygen atoms in total. The fourth-order valence-corrected chi connectivity index (χ4v) is 13.0. The van der Waals surface area contributed by atoms with Crippen LogP contribution < -0.4 is 183 Å². The lowest BCUT2D eigenvalue weighted by Gasteiger charge is -2.26. The second-order valence-corrected chi connectivity index (χ2v) is 31.6. The standard InChI is InChI=1S/4C13H19N5O2.C12H17N5O2.2C10H13N5O2.C9H11N5O2/c1-18(2)13(15)17-12(14)16-6-5-9-3-4-10-11(7-9)20-8-19-10;1-16-12(14)17-13(15)18(2)6-5-9-3-4-10-11(7-9)20-8-19-10;1-17(13(16)18(2)12(14)15)6-5-9-3-4-10-11(7-9)20-8-19-10;1-16-13(17-12(14)15)18(2)6-5-9-3-4-10-11(7-9)20-8-19-10;1-15-11(13)17-12(14)16-5-4-8-2-3-9-10(6-8)19-7-18-9;1-15(10(13)14-9(11)12)6-3-2-4-7-8(6)17-5-16-7;1-13-10(15-9(11)12)14-6-3-2-4-7-8(6)17-5-16-7;10-8(11)14-9(12)13-5-2-1-3-6-7(5)16-4-15-6/h2*3-4,7H,5-6,8H2,1-2H3,(H4,14,15,16,17);3-4,7,16H,5-6,8H2,1-2H3,(H3,14,15);3-4,7H,5-6,8H2,1-2H3,(H4,14,15,16,17);2-3,6H,4-5,7H2,1H3,(H5,13,14,15,16,17);2-4H,5H2,1H3,(H5,11,12,13,14);2-4H,5H2,1H3,(H5,11,12,13,14,15);1-3H,4H2,(H6,10,11,12,13,14). The minimum atomic E-state index is -0.161. The Hall–Kier alpha value is -19.5. The largest absolute Gasteiger partial charge is 0.454 e. The van der Waals surface area contributed by atoms with Crippen molar-refractivity contribution in [2.45, 2.75) is 32.1 Å². The third-order valence-corrected chi connectivity index (χ3v) is 20.8. The Labute approximate surface area is 859 Å². The summed E-state index contributed by atoms with van der Waals surface area (Å²) < 4.78 is 84.6. The predicted molar refractivity (Wildman–Crippen MR) is 573 cm³/mol. The number of hydrogen-bond acceptors (Lipinski definition) is 26. The van der Waals surface area contributed by atoms with E-state index in [1.165, 1.54) is 9.80 Å². The number of para-hydroxylation sites is 3. The molecule has 37 N–H and O–H groups in total. The molecule has 0 saturated heterocycles. The highest BCUT2D eigenvalue weighted by atomic mass is 16.7. The smallest absolute Gasteiger partial charge is 0.231 e. The molecule has 0 atom stereocenters. The van der Waals surface area contributed by atoms with Crippen LogP contribution in [0.15, 0.2) is 210 Å². The normalized spacial score (nSPS) is 13.5. The predicted octanol–water partition coefficient (Wildman–Crippen LogP) is 0.684. The first kappa shape index (κ1) is 113. The number of fused-ring (bicyclic) bond motifs is 8. The first-order chi connectivity index (χ1) is 71.4. The highest BCUT2D eigenvalue weighted by molar-refractivity contribution is 6.04. The summed E-state index contributed by atoms with van der Waals surface area (Å²) in [7, 11) is 18.8. The number of nitrogens with zero attached hydrogens (tertiary/aromatic N) is 19. The highest BCUT2D eigenvalue weighted by Crippen LogP contribution is 2.44. The molecule has 0 unspecified atom stereocenters. The lowest BCUT2D eigenvalue weighted by atomic mass is 10.1. The number of likely N-dealkylation sites (N-methyl/N-ethyl adjacent to an activating group) is 3. The number of benzene rings is 8. The molecule has 8 heterocycles. The maximum absolute atomic E-state index is 7.91. The summed E-state index contributed by atoms with van der Waals surface area (Å²) in [6.07, 6.45) is 3.90. The fraction of sp³-hybridized carbons (Fsp3) is 0.312. The SMILES string of the molecule is CN(C(=N)N=C(N)N)c1cccc2c1OCO2.CN(C)C(N)=NC(N)=NCCc1ccc2c(c1)OCO2.CN(CCc1ccc2c(c1)OCO2)C(=N)N(C)C(=N)N.CN=C(N)N=C(N)N(C)CCc1ccc2c(c1)OCO2.CN=C(N)NC(N)=NCCc1ccc2c(c1)OCO2.CN=C(N=C(N)N)N(C)CCc1ccc2c(c1)OCO2.CN=C(N=C(N)N)Nc1cccc2c1OCO2.NC(N)=NC(N)=Nc1cccc2c1OCO2. The lowest BCUT2D eigenvalue weighted by Crippen LogP contribution is -2.46. The van der Waals surface area contributed by atoms with Crippen LogP contribution in [-0.4, -0.2) is 284 Å². The van der Waals surface area contributed by atoms with Crippen LogP contribution in [0.4, 0.5) is 17.1 Å². The van der Waals surface area contributed by atoms with E-state index < -0.39 is 0 Å². The Bertz CT molecular complexity index is 6330. The summed E-state index contributed by atoms with van der Waals surface area (Å²) in [5, 5.41) is 28.5. The molecule has 8 aliphatic heterocycles. The molecule has 16 rings (SSSR count). The molecule has 0 aliphatic carbocycles. The van der Waals surface area contributed by atoms with E-state index in [9.17, 15) is 0 Å². The number of guanidine groups is 16. The average molecular weight is 2060 g/mol. The molecule has 0 saturated carbocycles. The van der Waals surface area contributed by atoms with E-state index in [4.69, 9.17) is 184 Å². The Morgan fingerprint density at radius 3 is 1.15 bits per heavy atom. The second kappa shape index (κ2) is 56.9. The van der Waals surface area contributed by atoms with Crippen molar-refractivity contribution in [3.63, 3.8) is 0 Å². The van der Waals surface area contributed by atoms with Crippen LogP contribution >= 0.6 is 0 Å². The van der Waals surface area contributed by atoms with E-state index >= 15 is 0 Å². The molecule has 56 heteroatoms. The number of nitrogens with one attached hydrogen (secondary N) is 5. The number of ether oxygens (including phenoxy) is 16. The van der Waals surface area contributed by atoms with Gasteiger partial charge in [0, 0.05) is 110 Å². The summed E-state index contributed by atoms with van der Waals surface area (Å²) in [5.74, 6) is 13.4. The molecule has 149 heavy (non-hydrogen) atoms. The van der Waals surface area contributed by atoms with Gasteiger partial charge in [0.25, 0.3) is 0 Å². The first-order valence-electron chi connectivity index (χ1n) is 45.2. The first-order valence-corrected chi connectivity index (χ1v) is 45.2. The second-order valence-electron chi connectivity index (χ2n) is 31.6. The van der Waals surface area contributed by atoms with Crippen LogP contribution in [0.5, 0.6) is 92.0 Å². The molecule has 798 valence electrons. The van der Waals surface area contributed by atoms with Crippen LogP contribution in [0, 0.1) is 16.2 Å². The number of aliphatic imine (C=N–C) groups is 13. The van der Waals surface area contributed by atoms with Gasteiger partial charge in [0.05, 0.1) is 11.4 Å². The minimum absolute atomic E-state index is 0.000490. The summed E-state index contributed by atoms with van der Waals surface area (Å²) in [6, 6.07) is 45.4. The topological polar surface area (TPSA) is 840 Å². The van der Waals surface area contributed by atoms with Crippen LogP contribution in [0.2, 0.25) is 0 Å². The van der Waals surface area contributed by atoms with E-state index in [0.29, 0.717) is 102 Å². The van der Waals surface area contributed by atoms with E-state index in [0.717, 1.165) is 124 Å². The highest BCUT2D eigenvalue weighted by Gasteiger charge is 2.26. The average Bonchev–Trinajstić information content (AvgIpc) is 1.70. The van der Waals surface area contributed by atoms with E-state index in [1.54, 1.807) is 104 Å². The van der Waals surface area contributed by atoms with Gasteiger partial charge in [-0.3, -0.25) is 56.4 Å². The van der Waals surface area contributed by atoms with Crippen LogP contribution in [-0.2, 0) is 32.1 Å². The van der Waals surface area contributed by atoms with Crippen molar-refractivity contribution >= 4 is 112 Å². The molecule has 0 spiro atoms. The Morgan fingerprint density at radius 2 is 0.718 bits per heavy atom. The van der Waals surface area contributed by atoms with Gasteiger partial charge >= 0.3 is 0 Å². The molecule has 0 amide bonds. The molecule has 0 bridgehead atoms. The van der Waals surface area contributed by atoms with Gasteiger partial charge in [-0.25, -0.2) is 4.99 Å². The maximum Gasteiger partial charge on any atom is 0.231 e. The van der Waals surface area contributed by atoms with E-state index in [1.807, 2.05) is 139 Å². The third kappa shape index (κ3) is 36.1. The van der Waals surface area contributed by atoms with Crippen molar-refractivity contribution in [3.05, 3.63) is 173 Å². The Morgan fingerprint density at radius 1 is 0.329 bits per heavy atom. The molecule has 0 radical (unpaired) electrons. The minimum Gasteiger partial charge on any atom is -0.454 e. The summed E-state index contributed by atoms with van der Waals surface area (Å²) in [6.45, 7) is 5.15. The van der Waals surface area contributed by atoms with Crippen molar-refractivity contribution in [3.8, 4) is 92.0 Å². The summed E-state index contributed by atoms with van der Waals surface area (Å²) in [4.78, 5) is 60.7. The molecule has 0 fully saturated rings. The molecular weight excluding hydrogens is 1930 g/mol. The summed E-state index contributed by atoms with van der Waals surface area (Å²) >= 11 is 0. The number of hydrogen-bond donors (Lipinski definition) is 21. The molecule has 0 aromatic heterocycles. The van der Waals surface area contributed by atoms with Crippen LogP contribution in [0.25, 0.3) is 0 Å². The number of anilines is 2. The Kier molecular flexibility index (Phi) is 43.2. The van der Waals surface area contributed by atoms with Crippen LogP contribution in [0.3, 0.4) is 0 Å². The fourth-order valence-electron chi connectivity index (χ4n) is 13.0. The van der Waals surface area contributed by atoms with Crippen LogP contribution in [0.1, 0.15) is 27.8 Å².